The highest BCUT2D eigenvalue weighted by Crippen LogP contribution is 2.12. The van der Waals surface area contributed by atoms with Gasteiger partial charge in [0.15, 0.2) is 0 Å². The predicted octanol–water partition coefficient (Wildman–Crippen LogP) is 3.41. The van der Waals surface area contributed by atoms with E-state index in [0.717, 1.165) is 44.9 Å². The number of unbranched alkanes of at least 4 members (excludes halogenated alkanes) is 7. The lowest BCUT2D eigenvalue weighted by atomic mass is 10.0. The van der Waals surface area contributed by atoms with Crippen molar-refractivity contribution in [3.05, 3.63) is 12.2 Å². The lowest BCUT2D eigenvalue weighted by molar-refractivity contribution is -0.137. The maximum atomic E-state index is 10.4. The second-order valence-electron chi connectivity index (χ2n) is 6.56. The molecule has 24 heavy (non-hydrogen) atoms. The van der Waals surface area contributed by atoms with Crippen LogP contribution < -0.4 is 0 Å². The first-order valence-electron chi connectivity index (χ1n) is 9.41. The second kappa shape index (κ2) is 15.6. The van der Waals surface area contributed by atoms with Crippen LogP contribution in [0.25, 0.3) is 0 Å². The van der Waals surface area contributed by atoms with Gasteiger partial charge in [0, 0.05) is 6.42 Å². The smallest absolute Gasteiger partial charge is 0.303 e. The van der Waals surface area contributed by atoms with Gasteiger partial charge in [-0.2, -0.15) is 0 Å². The highest BCUT2D eigenvalue weighted by molar-refractivity contribution is 5.66. The lowest BCUT2D eigenvalue weighted by Gasteiger charge is -2.15. The summed E-state index contributed by atoms with van der Waals surface area (Å²) < 4.78 is 0. The Morgan fingerprint density at radius 3 is 2.08 bits per heavy atom. The molecular weight excluding hydrogens is 308 g/mol. The van der Waals surface area contributed by atoms with Crippen molar-refractivity contribution >= 4 is 5.97 Å². The molecule has 0 unspecified atom stereocenters. The van der Waals surface area contributed by atoms with Crippen LogP contribution in [-0.4, -0.2) is 44.7 Å². The third-order valence-corrected chi connectivity index (χ3v) is 4.17. The van der Waals surface area contributed by atoms with Crippen LogP contribution in [0, 0.1) is 0 Å². The monoisotopic (exact) mass is 344 g/mol. The van der Waals surface area contributed by atoms with Gasteiger partial charge in [-0.1, -0.05) is 70.4 Å². The van der Waals surface area contributed by atoms with Gasteiger partial charge in [0.05, 0.1) is 18.3 Å². The molecule has 0 saturated heterocycles. The summed E-state index contributed by atoms with van der Waals surface area (Å²) in [4.78, 5) is 10.4. The number of rotatable bonds is 16. The number of hydrogen-bond acceptors (Lipinski definition) is 4. The van der Waals surface area contributed by atoms with Crippen molar-refractivity contribution in [3.63, 3.8) is 0 Å². The minimum Gasteiger partial charge on any atom is -0.481 e. The summed E-state index contributed by atoms with van der Waals surface area (Å²) in [6.07, 6.45) is 10.8. The van der Waals surface area contributed by atoms with Crippen LogP contribution in [0.15, 0.2) is 12.2 Å². The van der Waals surface area contributed by atoms with E-state index >= 15 is 0 Å². The molecule has 0 aliphatic carbocycles. The Balaban J connectivity index is 3.68. The van der Waals surface area contributed by atoms with E-state index in [-0.39, 0.29) is 6.42 Å². The zero-order valence-corrected chi connectivity index (χ0v) is 15.1. The molecule has 0 aliphatic heterocycles. The highest BCUT2D eigenvalue weighted by atomic mass is 16.4. The van der Waals surface area contributed by atoms with Gasteiger partial charge >= 0.3 is 5.97 Å². The van der Waals surface area contributed by atoms with Crippen molar-refractivity contribution in [2.24, 2.45) is 0 Å². The summed E-state index contributed by atoms with van der Waals surface area (Å²) >= 11 is 0. The number of aliphatic hydroxyl groups excluding tert-OH is 3. The summed E-state index contributed by atoms with van der Waals surface area (Å²) in [6.45, 7) is 2.14. The fraction of sp³-hybridized carbons (Fsp3) is 0.842. The molecule has 0 radical (unpaired) electrons. The van der Waals surface area contributed by atoms with E-state index in [1.807, 2.05) is 0 Å². The summed E-state index contributed by atoms with van der Waals surface area (Å²) in [5.41, 5.74) is 0. The van der Waals surface area contributed by atoms with E-state index in [9.17, 15) is 20.1 Å². The summed E-state index contributed by atoms with van der Waals surface area (Å²) in [5, 5.41) is 38.1. The van der Waals surface area contributed by atoms with Gasteiger partial charge in [-0.3, -0.25) is 4.79 Å². The number of hydrogen-bond donors (Lipinski definition) is 4. The van der Waals surface area contributed by atoms with Crippen molar-refractivity contribution in [2.75, 3.05) is 0 Å². The molecule has 0 aliphatic rings. The summed E-state index contributed by atoms with van der Waals surface area (Å²) in [6, 6.07) is 0. The van der Waals surface area contributed by atoms with Crippen molar-refractivity contribution in [1.29, 1.82) is 0 Å². The molecule has 3 atom stereocenters. The van der Waals surface area contributed by atoms with Gasteiger partial charge in [-0.25, -0.2) is 0 Å². The molecule has 0 bridgehead atoms. The molecule has 5 heteroatoms. The average molecular weight is 344 g/mol. The highest BCUT2D eigenvalue weighted by Gasteiger charge is 2.13. The first-order valence-corrected chi connectivity index (χ1v) is 9.41. The Labute approximate surface area is 146 Å². The quantitative estimate of drug-likeness (QED) is 0.254. The molecule has 0 fully saturated rings. The largest absolute Gasteiger partial charge is 0.481 e. The molecule has 0 aromatic carbocycles. The van der Waals surface area contributed by atoms with Gasteiger partial charge < -0.3 is 20.4 Å². The predicted molar refractivity (Wildman–Crippen MR) is 95.9 cm³/mol. The van der Waals surface area contributed by atoms with E-state index < -0.39 is 24.3 Å². The molecule has 5 nitrogen and oxygen atoms in total. The van der Waals surface area contributed by atoms with Crippen molar-refractivity contribution < 1.29 is 25.2 Å². The molecular formula is C19H36O5. The zero-order chi connectivity index (χ0) is 18.2. The second-order valence-corrected chi connectivity index (χ2v) is 6.56. The van der Waals surface area contributed by atoms with Crippen LogP contribution in [-0.2, 0) is 4.79 Å². The van der Waals surface area contributed by atoms with Gasteiger partial charge in [-0.05, 0) is 19.3 Å². The Morgan fingerprint density at radius 1 is 0.833 bits per heavy atom. The minimum absolute atomic E-state index is 0.215. The van der Waals surface area contributed by atoms with Crippen molar-refractivity contribution in [2.45, 2.75) is 102 Å². The maximum absolute atomic E-state index is 10.4. The van der Waals surface area contributed by atoms with Crippen LogP contribution in [0.5, 0.6) is 0 Å². The lowest BCUT2D eigenvalue weighted by Crippen LogP contribution is -2.24. The standard InChI is InChI=1S/C19H36O5/c1-2-3-4-8-11-16(20)14-15-18(22)17(21)12-9-6-5-7-10-13-19(23)24/h14-18,20-22H,2-13H2,1H3,(H,23,24)/b15-14+/t16-,17+,18+/m1/s1. The van der Waals surface area contributed by atoms with Crippen LogP contribution in [0.1, 0.15) is 84.0 Å². The van der Waals surface area contributed by atoms with Crippen LogP contribution >= 0.6 is 0 Å². The Kier molecular flexibility index (Phi) is 15.0. The molecule has 0 heterocycles. The molecule has 0 spiro atoms. The first-order chi connectivity index (χ1) is 11.5. The normalized spacial score (nSPS) is 15.5. The number of carboxylic acids is 1. The van der Waals surface area contributed by atoms with Gasteiger partial charge in [0.1, 0.15) is 0 Å². The Bertz CT molecular complexity index is 330. The number of aliphatic hydroxyl groups is 3. The van der Waals surface area contributed by atoms with Crippen LogP contribution in [0.3, 0.4) is 0 Å². The third kappa shape index (κ3) is 14.7. The minimum atomic E-state index is -0.942. The summed E-state index contributed by atoms with van der Waals surface area (Å²) in [5.74, 6) is -0.757. The van der Waals surface area contributed by atoms with Crippen LogP contribution in [0.4, 0.5) is 0 Å². The fourth-order valence-electron chi connectivity index (χ4n) is 2.58. The fourth-order valence-corrected chi connectivity index (χ4v) is 2.58. The Morgan fingerprint density at radius 2 is 1.42 bits per heavy atom. The first kappa shape index (κ1) is 23.1. The van der Waals surface area contributed by atoms with Crippen molar-refractivity contribution in [3.8, 4) is 0 Å². The molecule has 0 aromatic heterocycles. The van der Waals surface area contributed by atoms with Gasteiger partial charge in [-0.15, -0.1) is 0 Å². The molecule has 142 valence electrons. The van der Waals surface area contributed by atoms with E-state index in [0.29, 0.717) is 19.3 Å². The zero-order valence-electron chi connectivity index (χ0n) is 15.1. The maximum Gasteiger partial charge on any atom is 0.303 e. The van der Waals surface area contributed by atoms with Gasteiger partial charge in [0.25, 0.3) is 0 Å². The third-order valence-electron chi connectivity index (χ3n) is 4.17. The topological polar surface area (TPSA) is 98.0 Å². The number of aliphatic carboxylic acids is 1. The Hall–Kier alpha value is -0.910. The number of carbonyl (C=O) groups is 1. The molecule has 0 rings (SSSR count). The molecule has 0 aromatic rings. The van der Waals surface area contributed by atoms with E-state index in [2.05, 4.69) is 6.92 Å². The summed E-state index contributed by atoms with van der Waals surface area (Å²) in [7, 11) is 0. The molecule has 0 amide bonds. The van der Waals surface area contributed by atoms with E-state index in [1.54, 1.807) is 6.08 Å². The average Bonchev–Trinajstić information content (AvgIpc) is 2.55. The molecule has 0 saturated carbocycles. The number of carboxylic acid groups (broad SMARTS) is 1. The van der Waals surface area contributed by atoms with E-state index in [1.165, 1.54) is 12.5 Å². The molecule has 4 N–H and O–H groups in total. The van der Waals surface area contributed by atoms with Crippen LogP contribution in [0.2, 0.25) is 0 Å². The van der Waals surface area contributed by atoms with E-state index in [4.69, 9.17) is 5.11 Å². The van der Waals surface area contributed by atoms with Gasteiger partial charge in [0.2, 0.25) is 0 Å². The van der Waals surface area contributed by atoms with Crippen molar-refractivity contribution in [1.82, 2.24) is 0 Å². The SMILES string of the molecule is CCCCCC[C@@H](O)/C=C/[C@H](O)[C@@H](O)CCCCCCCC(=O)O.